The van der Waals surface area contributed by atoms with Crippen molar-refractivity contribution in [3.63, 3.8) is 0 Å². The Morgan fingerprint density at radius 3 is 2.84 bits per heavy atom. The molecule has 2 aliphatic rings. The third-order valence-corrected chi connectivity index (χ3v) is 5.99. The Balaban J connectivity index is 1.42. The van der Waals surface area contributed by atoms with Crippen LogP contribution in [0.15, 0.2) is 30.6 Å². The smallest absolute Gasteiger partial charge is 0.333 e. The highest BCUT2D eigenvalue weighted by Gasteiger charge is 2.30. The van der Waals surface area contributed by atoms with Gasteiger partial charge >= 0.3 is 6.55 Å². The summed E-state index contributed by atoms with van der Waals surface area (Å²) in [6.45, 7) is 1.70. The van der Waals surface area contributed by atoms with E-state index in [0.717, 1.165) is 32.4 Å². The maximum absolute atomic E-state index is 13.6. The number of fused-ring (bicyclic) bond motifs is 1. The van der Waals surface area contributed by atoms with Crippen LogP contribution >= 0.6 is 0 Å². The molecule has 0 unspecified atom stereocenters. The number of likely N-dealkylation sites (N-methyl/N-ethyl adjacent to an activating group) is 1. The van der Waals surface area contributed by atoms with Gasteiger partial charge in [0.25, 0.3) is 0 Å². The molecule has 1 aliphatic heterocycles. The summed E-state index contributed by atoms with van der Waals surface area (Å²) in [5.74, 6) is 0.805. The van der Waals surface area contributed by atoms with Gasteiger partial charge in [-0.25, -0.2) is 4.52 Å². The molecule has 1 N–H and O–H groups in total. The number of amides is 1. The van der Waals surface area contributed by atoms with E-state index in [-0.39, 0.29) is 17.5 Å². The average molecular weight is 430 g/mol. The molecular formula is C21H24F2N6O2. The molecule has 31 heavy (non-hydrogen) atoms. The Morgan fingerprint density at radius 1 is 1.32 bits per heavy atom. The Kier molecular flexibility index (Phi) is 5.09. The van der Waals surface area contributed by atoms with Gasteiger partial charge in [-0.1, -0.05) is 6.92 Å². The van der Waals surface area contributed by atoms with Gasteiger partial charge in [0, 0.05) is 36.3 Å². The zero-order valence-electron chi connectivity index (χ0n) is 17.2. The van der Waals surface area contributed by atoms with Crippen molar-refractivity contribution in [3.05, 3.63) is 30.6 Å². The number of nitrogens with zero attached hydrogens (tertiary/aromatic N) is 5. The van der Waals surface area contributed by atoms with E-state index in [4.69, 9.17) is 4.74 Å². The van der Waals surface area contributed by atoms with E-state index >= 15 is 0 Å². The summed E-state index contributed by atoms with van der Waals surface area (Å²) in [5.41, 5.74) is 1.44. The first kappa shape index (κ1) is 19.9. The van der Waals surface area contributed by atoms with Crippen LogP contribution < -0.4 is 10.1 Å². The Hall–Kier alpha value is -3.01. The minimum atomic E-state index is -2.79. The lowest BCUT2D eigenvalue weighted by Crippen LogP contribution is -2.50. The second-order valence-corrected chi connectivity index (χ2v) is 8.04. The Morgan fingerprint density at radius 2 is 2.16 bits per heavy atom. The van der Waals surface area contributed by atoms with E-state index in [1.807, 2.05) is 0 Å². The first-order valence-electron chi connectivity index (χ1n) is 10.6. The van der Waals surface area contributed by atoms with Crippen LogP contribution in [0.3, 0.4) is 0 Å². The molecule has 1 atom stereocenters. The standard InChI is InChI=1S/C21H24F2N6O2/c1-2-27-7-6-15(27)12-31-17-11-24-29(21(22)23)19(17)14-5-8-28-16(9-14)10-18(26-28)25-20(30)13-3-4-13/h5,8-11,13,15,21H,2-4,6-7,12H2,1H3,(H,25,26,30)/t15-/m1/s1. The first-order chi connectivity index (χ1) is 15.0. The third-order valence-electron chi connectivity index (χ3n) is 5.99. The lowest BCUT2D eigenvalue weighted by atomic mass is 10.0. The SMILES string of the molecule is CCN1CC[C@@H]1COc1cnn(C(F)F)c1-c1ccn2nc(NC(=O)C3CC3)cc2c1. The topological polar surface area (TPSA) is 76.7 Å². The molecule has 10 heteroatoms. The van der Waals surface area contributed by atoms with E-state index in [0.29, 0.717) is 40.0 Å². The molecule has 2 fully saturated rings. The molecule has 0 radical (unpaired) electrons. The van der Waals surface area contributed by atoms with Crippen molar-refractivity contribution in [1.29, 1.82) is 0 Å². The summed E-state index contributed by atoms with van der Waals surface area (Å²) in [4.78, 5) is 14.3. The first-order valence-corrected chi connectivity index (χ1v) is 10.6. The van der Waals surface area contributed by atoms with Crippen LogP contribution in [-0.4, -0.2) is 55.9 Å². The number of rotatable bonds is 8. The normalized spacial score (nSPS) is 19.0. The molecule has 3 aromatic rings. The van der Waals surface area contributed by atoms with E-state index in [2.05, 4.69) is 27.3 Å². The van der Waals surface area contributed by atoms with Gasteiger partial charge in [0.15, 0.2) is 11.6 Å². The number of halogens is 2. The number of aromatic nitrogens is 4. The fourth-order valence-electron chi connectivity index (χ4n) is 3.94. The zero-order valence-corrected chi connectivity index (χ0v) is 17.2. The minimum Gasteiger partial charge on any atom is -0.488 e. The largest absolute Gasteiger partial charge is 0.488 e. The molecule has 1 saturated heterocycles. The number of carbonyl (C=O) groups is 1. The number of likely N-dealkylation sites (tertiary alicyclic amines) is 1. The predicted octanol–water partition coefficient (Wildman–Crippen LogP) is 3.41. The molecule has 3 aromatic heterocycles. The quantitative estimate of drug-likeness (QED) is 0.593. The monoisotopic (exact) mass is 430 g/mol. The zero-order chi connectivity index (χ0) is 21.5. The predicted molar refractivity (Wildman–Crippen MR) is 110 cm³/mol. The number of hydrogen-bond acceptors (Lipinski definition) is 5. The lowest BCUT2D eigenvalue weighted by Gasteiger charge is -2.39. The highest BCUT2D eigenvalue weighted by Crippen LogP contribution is 2.35. The lowest BCUT2D eigenvalue weighted by molar-refractivity contribution is -0.117. The molecule has 5 rings (SSSR count). The van der Waals surface area contributed by atoms with Crippen LogP contribution in [0.1, 0.15) is 32.7 Å². The molecule has 0 bridgehead atoms. The number of hydrogen-bond donors (Lipinski definition) is 1. The number of carbonyl (C=O) groups excluding carboxylic acids is 1. The number of nitrogens with one attached hydrogen (secondary N) is 1. The highest BCUT2D eigenvalue weighted by molar-refractivity contribution is 5.93. The van der Waals surface area contributed by atoms with Crippen LogP contribution in [0.25, 0.3) is 16.8 Å². The summed E-state index contributed by atoms with van der Waals surface area (Å²) in [6.07, 6.45) is 5.86. The summed E-state index contributed by atoms with van der Waals surface area (Å²) < 4.78 is 35.5. The van der Waals surface area contributed by atoms with Crippen molar-refractivity contribution in [2.75, 3.05) is 25.0 Å². The summed E-state index contributed by atoms with van der Waals surface area (Å²) in [7, 11) is 0. The van der Waals surface area contributed by atoms with E-state index in [9.17, 15) is 13.6 Å². The van der Waals surface area contributed by atoms with Crippen molar-refractivity contribution < 1.29 is 18.3 Å². The van der Waals surface area contributed by atoms with Crippen LogP contribution in [-0.2, 0) is 4.79 Å². The van der Waals surface area contributed by atoms with Gasteiger partial charge in [-0.15, -0.1) is 0 Å². The number of ether oxygens (including phenoxy) is 1. The van der Waals surface area contributed by atoms with Crippen LogP contribution in [0.2, 0.25) is 0 Å². The molecule has 0 spiro atoms. The molecule has 0 aromatic carbocycles. The molecule has 164 valence electrons. The number of alkyl halides is 2. The van der Waals surface area contributed by atoms with Crippen LogP contribution in [0, 0.1) is 5.92 Å². The van der Waals surface area contributed by atoms with Gasteiger partial charge in [-0.3, -0.25) is 9.69 Å². The van der Waals surface area contributed by atoms with Crippen molar-refractivity contribution in [3.8, 4) is 17.0 Å². The van der Waals surface area contributed by atoms with E-state index < -0.39 is 6.55 Å². The number of pyridine rings is 1. The maximum atomic E-state index is 13.6. The Bertz CT molecular complexity index is 1100. The van der Waals surface area contributed by atoms with Gasteiger partial charge in [0.05, 0.1) is 11.7 Å². The summed E-state index contributed by atoms with van der Waals surface area (Å²) in [6, 6.07) is 5.45. The third kappa shape index (κ3) is 3.87. The van der Waals surface area contributed by atoms with Gasteiger partial charge < -0.3 is 10.1 Å². The fourth-order valence-corrected chi connectivity index (χ4v) is 3.94. The molecule has 1 saturated carbocycles. The van der Waals surface area contributed by atoms with E-state index in [1.165, 1.54) is 6.20 Å². The minimum absolute atomic E-state index is 0.0350. The Labute approximate surface area is 177 Å². The molecule has 1 amide bonds. The van der Waals surface area contributed by atoms with Crippen LogP contribution in [0.5, 0.6) is 5.75 Å². The average Bonchev–Trinajstić information content (AvgIpc) is 3.37. The molecular weight excluding hydrogens is 406 g/mol. The molecule has 4 heterocycles. The van der Waals surface area contributed by atoms with E-state index in [1.54, 1.807) is 28.9 Å². The van der Waals surface area contributed by atoms with Gasteiger partial charge in [-0.2, -0.15) is 23.7 Å². The van der Waals surface area contributed by atoms with Gasteiger partial charge in [-0.05, 0) is 37.9 Å². The summed E-state index contributed by atoms with van der Waals surface area (Å²) in [5, 5.41) is 11.0. The second kappa shape index (κ2) is 7.92. The van der Waals surface area contributed by atoms with Crippen LogP contribution in [0.4, 0.5) is 14.6 Å². The number of anilines is 1. The second-order valence-electron chi connectivity index (χ2n) is 8.04. The molecule has 8 nitrogen and oxygen atoms in total. The highest BCUT2D eigenvalue weighted by atomic mass is 19.3. The van der Waals surface area contributed by atoms with Crippen molar-refractivity contribution in [2.45, 2.75) is 38.8 Å². The van der Waals surface area contributed by atoms with Crippen molar-refractivity contribution in [2.24, 2.45) is 5.92 Å². The van der Waals surface area contributed by atoms with Crippen molar-refractivity contribution >= 4 is 17.2 Å². The van der Waals surface area contributed by atoms with Crippen molar-refractivity contribution in [1.82, 2.24) is 24.3 Å². The van der Waals surface area contributed by atoms with Gasteiger partial charge in [0.1, 0.15) is 12.3 Å². The molecule has 1 aliphatic carbocycles. The fraction of sp³-hybridized carbons (Fsp3) is 0.476. The summed E-state index contributed by atoms with van der Waals surface area (Å²) >= 11 is 0. The maximum Gasteiger partial charge on any atom is 0.333 e. The van der Waals surface area contributed by atoms with Gasteiger partial charge in [0.2, 0.25) is 5.91 Å².